The average Bonchev–Trinajstić information content (AvgIpc) is 2.56. The molecule has 1 N–H and O–H groups in total. The number of rotatable bonds is 5. The maximum atomic E-state index is 12.0. The van der Waals surface area contributed by atoms with Gasteiger partial charge in [-0.15, -0.1) is 0 Å². The average molecular weight is 334 g/mol. The van der Waals surface area contributed by atoms with Crippen LogP contribution in [-0.2, 0) is 9.53 Å². The minimum Gasteiger partial charge on any atom is -0.452 e. The Hall–Kier alpha value is -2.44. The number of nitro groups is 1. The lowest BCUT2D eigenvalue weighted by molar-refractivity contribution is -0.385. The van der Waals surface area contributed by atoms with Crippen molar-refractivity contribution in [3.63, 3.8) is 0 Å². The van der Waals surface area contributed by atoms with Gasteiger partial charge in [-0.2, -0.15) is 0 Å². The van der Waals surface area contributed by atoms with Crippen LogP contribution in [0.25, 0.3) is 0 Å². The van der Waals surface area contributed by atoms with Crippen molar-refractivity contribution in [1.29, 1.82) is 0 Å². The van der Waals surface area contributed by atoms with Crippen molar-refractivity contribution in [2.45, 2.75) is 39.2 Å². The molecule has 24 heavy (non-hydrogen) atoms. The van der Waals surface area contributed by atoms with Crippen LogP contribution >= 0.6 is 0 Å². The van der Waals surface area contributed by atoms with Crippen molar-refractivity contribution in [2.24, 2.45) is 11.8 Å². The van der Waals surface area contributed by atoms with E-state index in [-0.39, 0.29) is 23.2 Å². The summed E-state index contributed by atoms with van der Waals surface area (Å²) in [6.45, 7) is 3.83. The van der Waals surface area contributed by atoms with E-state index >= 15 is 0 Å². The highest BCUT2D eigenvalue weighted by Crippen LogP contribution is 2.29. The van der Waals surface area contributed by atoms with Gasteiger partial charge >= 0.3 is 5.97 Å². The number of carbonyl (C=O) groups is 2. The van der Waals surface area contributed by atoms with E-state index in [1.807, 2.05) is 0 Å². The minimum absolute atomic E-state index is 0.0750. The molecule has 1 amide bonds. The molecule has 1 aliphatic rings. The molecule has 1 saturated carbocycles. The molecule has 0 heterocycles. The first-order valence-electron chi connectivity index (χ1n) is 8.10. The molecular formula is C17H22N2O5. The second-order valence-electron chi connectivity index (χ2n) is 6.29. The van der Waals surface area contributed by atoms with Gasteiger partial charge in [0.25, 0.3) is 11.6 Å². The molecule has 0 unspecified atom stereocenters. The summed E-state index contributed by atoms with van der Waals surface area (Å²) in [4.78, 5) is 34.2. The molecule has 0 aromatic heterocycles. The number of hydrogen-bond acceptors (Lipinski definition) is 5. The quantitative estimate of drug-likeness (QED) is 0.507. The summed E-state index contributed by atoms with van der Waals surface area (Å²) < 4.78 is 4.93. The van der Waals surface area contributed by atoms with Crippen LogP contribution in [-0.4, -0.2) is 29.4 Å². The second-order valence-corrected chi connectivity index (χ2v) is 6.29. The first-order valence-corrected chi connectivity index (χ1v) is 8.10. The Bertz CT molecular complexity index is 631. The van der Waals surface area contributed by atoms with Crippen LogP contribution in [0.4, 0.5) is 5.69 Å². The van der Waals surface area contributed by atoms with Gasteiger partial charge in [-0.3, -0.25) is 14.9 Å². The molecule has 7 heteroatoms. The standard InChI is InChI=1S/C17H22N2O5/c1-11-6-5-8-14(12(11)2)18-16(20)10-24-17(21)13-7-3-4-9-15(13)19(22)23/h3-4,7,9,11-12,14H,5-6,8,10H2,1-2H3,(H,18,20)/t11-,12+,14+/m0/s1. The summed E-state index contributed by atoms with van der Waals surface area (Å²) in [5, 5.41) is 13.8. The van der Waals surface area contributed by atoms with Crippen molar-refractivity contribution in [3.8, 4) is 0 Å². The monoisotopic (exact) mass is 334 g/mol. The number of nitrogens with zero attached hydrogens (tertiary/aromatic N) is 1. The van der Waals surface area contributed by atoms with Crippen LogP contribution in [0, 0.1) is 22.0 Å². The van der Waals surface area contributed by atoms with Gasteiger partial charge in [-0.05, 0) is 24.3 Å². The molecule has 130 valence electrons. The summed E-state index contributed by atoms with van der Waals surface area (Å²) in [7, 11) is 0. The normalized spacial score (nSPS) is 23.3. The van der Waals surface area contributed by atoms with E-state index in [0.29, 0.717) is 11.8 Å². The van der Waals surface area contributed by atoms with Gasteiger partial charge in [0, 0.05) is 12.1 Å². The maximum Gasteiger partial charge on any atom is 0.345 e. The topological polar surface area (TPSA) is 98.5 Å². The predicted octanol–water partition coefficient (Wildman–Crippen LogP) is 2.69. The van der Waals surface area contributed by atoms with Crippen LogP contribution in [0.3, 0.4) is 0 Å². The zero-order chi connectivity index (χ0) is 17.7. The highest BCUT2D eigenvalue weighted by atomic mass is 16.6. The molecule has 0 aliphatic heterocycles. The highest BCUT2D eigenvalue weighted by Gasteiger charge is 2.28. The summed E-state index contributed by atoms with van der Waals surface area (Å²) in [5.74, 6) is -0.345. The molecule has 1 fully saturated rings. The summed E-state index contributed by atoms with van der Waals surface area (Å²) in [6.07, 6.45) is 3.13. The number of benzene rings is 1. The maximum absolute atomic E-state index is 12.0. The Balaban J connectivity index is 1.90. The summed E-state index contributed by atoms with van der Waals surface area (Å²) >= 11 is 0. The molecular weight excluding hydrogens is 312 g/mol. The van der Waals surface area contributed by atoms with E-state index < -0.39 is 17.5 Å². The molecule has 7 nitrogen and oxygen atoms in total. The number of nitrogens with one attached hydrogen (secondary N) is 1. The van der Waals surface area contributed by atoms with E-state index in [9.17, 15) is 19.7 Å². The van der Waals surface area contributed by atoms with Crippen molar-refractivity contribution >= 4 is 17.6 Å². The SMILES string of the molecule is C[C@@H]1[C@@H](C)CCC[C@H]1NC(=O)COC(=O)c1ccccc1[N+](=O)[O-]. The van der Waals surface area contributed by atoms with Crippen LogP contribution in [0.2, 0.25) is 0 Å². The molecule has 3 atom stereocenters. The van der Waals surface area contributed by atoms with Crippen molar-refractivity contribution in [1.82, 2.24) is 5.32 Å². The van der Waals surface area contributed by atoms with Crippen LogP contribution in [0.5, 0.6) is 0 Å². The van der Waals surface area contributed by atoms with Crippen LogP contribution in [0.1, 0.15) is 43.5 Å². The fourth-order valence-electron chi connectivity index (χ4n) is 3.05. The fourth-order valence-corrected chi connectivity index (χ4v) is 3.05. The Kier molecular flexibility index (Phi) is 5.89. The third kappa shape index (κ3) is 4.31. The number of amides is 1. The molecule has 1 aromatic rings. The van der Waals surface area contributed by atoms with Gasteiger partial charge in [-0.25, -0.2) is 4.79 Å². The number of hydrogen-bond donors (Lipinski definition) is 1. The van der Waals surface area contributed by atoms with E-state index in [1.165, 1.54) is 24.3 Å². The van der Waals surface area contributed by atoms with E-state index in [4.69, 9.17) is 4.74 Å². The number of nitro benzene ring substituents is 1. The van der Waals surface area contributed by atoms with Gasteiger partial charge in [0.15, 0.2) is 6.61 Å². The van der Waals surface area contributed by atoms with Crippen LogP contribution < -0.4 is 5.32 Å². The number of carbonyl (C=O) groups excluding carboxylic acids is 2. The largest absolute Gasteiger partial charge is 0.452 e. The third-order valence-corrected chi connectivity index (χ3v) is 4.71. The smallest absolute Gasteiger partial charge is 0.345 e. The summed E-state index contributed by atoms with van der Waals surface area (Å²) in [5.41, 5.74) is -0.493. The van der Waals surface area contributed by atoms with Crippen molar-refractivity contribution < 1.29 is 19.2 Å². The number of para-hydroxylation sites is 1. The number of esters is 1. The molecule has 0 spiro atoms. The minimum atomic E-state index is -0.873. The lowest BCUT2D eigenvalue weighted by Crippen LogP contribution is -2.45. The molecule has 0 bridgehead atoms. The molecule has 1 aliphatic carbocycles. The lowest BCUT2D eigenvalue weighted by Gasteiger charge is -2.34. The Morgan fingerprint density at radius 1 is 1.29 bits per heavy atom. The lowest BCUT2D eigenvalue weighted by atomic mass is 9.78. The molecule has 0 radical (unpaired) electrons. The Labute approximate surface area is 140 Å². The van der Waals surface area contributed by atoms with Crippen molar-refractivity contribution in [3.05, 3.63) is 39.9 Å². The van der Waals surface area contributed by atoms with Gasteiger partial charge in [0.05, 0.1) is 4.92 Å². The first kappa shape index (κ1) is 17.9. The fraction of sp³-hybridized carbons (Fsp3) is 0.529. The third-order valence-electron chi connectivity index (χ3n) is 4.71. The zero-order valence-corrected chi connectivity index (χ0v) is 13.9. The van der Waals surface area contributed by atoms with Crippen LogP contribution in [0.15, 0.2) is 24.3 Å². The van der Waals surface area contributed by atoms with E-state index in [2.05, 4.69) is 19.2 Å². The van der Waals surface area contributed by atoms with Gasteiger partial charge < -0.3 is 10.1 Å². The molecule has 1 aromatic carbocycles. The van der Waals surface area contributed by atoms with E-state index in [0.717, 1.165) is 19.3 Å². The van der Waals surface area contributed by atoms with Gasteiger partial charge in [-0.1, -0.05) is 38.8 Å². The summed E-state index contributed by atoms with van der Waals surface area (Å²) in [6, 6.07) is 5.58. The predicted molar refractivity (Wildman–Crippen MR) is 87.5 cm³/mol. The number of ether oxygens (including phenoxy) is 1. The van der Waals surface area contributed by atoms with Gasteiger partial charge in [0.2, 0.25) is 0 Å². The zero-order valence-electron chi connectivity index (χ0n) is 13.9. The Morgan fingerprint density at radius 3 is 2.71 bits per heavy atom. The molecule has 2 rings (SSSR count). The molecule has 0 saturated heterocycles. The van der Waals surface area contributed by atoms with E-state index in [1.54, 1.807) is 0 Å². The highest BCUT2D eigenvalue weighted by molar-refractivity contribution is 5.95. The second kappa shape index (κ2) is 7.90. The van der Waals surface area contributed by atoms with Gasteiger partial charge in [0.1, 0.15) is 5.56 Å². The Morgan fingerprint density at radius 2 is 2.00 bits per heavy atom. The van der Waals surface area contributed by atoms with Crippen molar-refractivity contribution in [2.75, 3.05) is 6.61 Å². The first-order chi connectivity index (χ1) is 11.4.